The molecule has 0 saturated carbocycles. The van der Waals surface area contributed by atoms with Crippen LogP contribution in [0.4, 0.5) is 15.9 Å². The zero-order chi connectivity index (χ0) is 25.3. The molecule has 3 rings (SSSR count). The van der Waals surface area contributed by atoms with E-state index in [1.807, 2.05) is 33.8 Å². The van der Waals surface area contributed by atoms with Crippen molar-refractivity contribution >= 4 is 44.7 Å². The molecule has 0 bridgehead atoms. The first kappa shape index (κ1) is 26.5. The van der Waals surface area contributed by atoms with Gasteiger partial charge in [0.05, 0.1) is 16.8 Å². The monoisotopic (exact) mass is 480 g/mol. The summed E-state index contributed by atoms with van der Waals surface area (Å²) in [6.07, 6.45) is 6.76. The minimum atomic E-state index is -0.433. The summed E-state index contributed by atoms with van der Waals surface area (Å²) in [4.78, 5) is 29.6. The lowest BCUT2D eigenvalue weighted by Crippen LogP contribution is -2.20. The smallest absolute Gasteiger partial charge is 0.257 e. The van der Waals surface area contributed by atoms with Crippen LogP contribution in [0.2, 0.25) is 0 Å². The van der Waals surface area contributed by atoms with Crippen molar-refractivity contribution in [2.24, 2.45) is 0 Å². The Morgan fingerprint density at radius 2 is 1.88 bits per heavy atom. The Labute approximate surface area is 203 Å². The summed E-state index contributed by atoms with van der Waals surface area (Å²) in [5.74, 6) is -0.838. The van der Waals surface area contributed by atoms with Gasteiger partial charge in [0, 0.05) is 34.4 Å². The second-order valence-electron chi connectivity index (χ2n) is 6.86. The minimum absolute atomic E-state index is 0.284. The van der Waals surface area contributed by atoms with E-state index in [1.54, 1.807) is 23.6 Å². The van der Waals surface area contributed by atoms with E-state index in [-0.39, 0.29) is 11.5 Å². The average molecular weight is 481 g/mol. The number of allylic oxidation sites excluding steroid dienone is 4. The first-order valence-electron chi connectivity index (χ1n) is 10.8. The number of carbonyl (C=O) groups excluding carboxylic acids is 2. The number of carbonyl (C=O) groups is 2. The van der Waals surface area contributed by atoms with Gasteiger partial charge in [-0.15, -0.1) is 11.3 Å². The molecule has 0 aliphatic heterocycles. The normalized spacial score (nSPS) is 11.4. The zero-order valence-electron chi connectivity index (χ0n) is 20.0. The van der Waals surface area contributed by atoms with Crippen LogP contribution < -0.4 is 16.0 Å². The molecule has 2 aromatic heterocycles. The van der Waals surface area contributed by atoms with Crippen molar-refractivity contribution in [1.82, 2.24) is 10.3 Å². The first-order chi connectivity index (χ1) is 16.4. The van der Waals surface area contributed by atoms with E-state index in [2.05, 4.69) is 27.5 Å². The highest BCUT2D eigenvalue weighted by atomic mass is 32.1. The molecule has 6 nitrogen and oxygen atoms in total. The average Bonchev–Trinajstić information content (AvgIpc) is 3.28. The quantitative estimate of drug-likeness (QED) is 0.336. The Morgan fingerprint density at radius 3 is 2.53 bits per heavy atom. The van der Waals surface area contributed by atoms with Crippen LogP contribution in [0.1, 0.15) is 48.4 Å². The second kappa shape index (κ2) is 12.5. The van der Waals surface area contributed by atoms with Gasteiger partial charge in [-0.2, -0.15) is 0 Å². The van der Waals surface area contributed by atoms with Crippen molar-refractivity contribution in [1.29, 1.82) is 0 Å². The highest BCUT2D eigenvalue weighted by molar-refractivity contribution is 7.17. The molecule has 8 heteroatoms. The predicted octanol–water partition coefficient (Wildman–Crippen LogP) is 6.52. The van der Waals surface area contributed by atoms with Gasteiger partial charge < -0.3 is 16.0 Å². The highest BCUT2D eigenvalue weighted by Crippen LogP contribution is 2.29. The number of fused-ring (bicyclic) bond motifs is 1. The van der Waals surface area contributed by atoms with Gasteiger partial charge in [0.2, 0.25) is 0 Å². The Balaban J connectivity index is 0.00000199. The van der Waals surface area contributed by atoms with Crippen molar-refractivity contribution in [2.45, 2.75) is 27.7 Å². The van der Waals surface area contributed by atoms with Crippen LogP contribution in [0.15, 0.2) is 71.9 Å². The molecule has 3 N–H and O–H groups in total. The number of rotatable bonds is 7. The lowest BCUT2D eigenvalue weighted by molar-refractivity contribution is 0.0961. The molecule has 2 heterocycles. The Morgan fingerprint density at radius 1 is 1.15 bits per heavy atom. The number of hydrogen-bond donors (Lipinski definition) is 3. The fourth-order valence-corrected chi connectivity index (χ4v) is 3.89. The van der Waals surface area contributed by atoms with Crippen LogP contribution in [-0.2, 0) is 0 Å². The number of hydrogen-bond acceptors (Lipinski definition) is 5. The van der Waals surface area contributed by atoms with Crippen LogP contribution >= 0.6 is 11.3 Å². The SMILES string of the molecule is C=C/C=C(Nc1ncc(C(=O)NC)cc1NC(=O)c1csc2ccc(F)cc12)\C(C)=C/C.CC. The number of nitrogens with zero attached hydrogens (tertiary/aromatic N) is 1. The third-order valence-electron chi connectivity index (χ3n) is 4.80. The summed E-state index contributed by atoms with van der Waals surface area (Å²) in [5, 5.41) is 10.7. The highest BCUT2D eigenvalue weighted by Gasteiger charge is 2.18. The molecule has 2 amide bonds. The van der Waals surface area contributed by atoms with Gasteiger partial charge in [-0.1, -0.05) is 32.6 Å². The second-order valence-corrected chi connectivity index (χ2v) is 7.77. The Bertz CT molecular complexity index is 1260. The number of thiophene rings is 1. The first-order valence-corrected chi connectivity index (χ1v) is 11.7. The number of anilines is 2. The molecule has 0 radical (unpaired) electrons. The molecule has 0 atom stereocenters. The van der Waals surface area contributed by atoms with E-state index < -0.39 is 11.7 Å². The van der Waals surface area contributed by atoms with Crippen molar-refractivity contribution in [3.63, 3.8) is 0 Å². The van der Waals surface area contributed by atoms with Crippen molar-refractivity contribution in [2.75, 3.05) is 17.7 Å². The van der Waals surface area contributed by atoms with E-state index in [4.69, 9.17) is 0 Å². The largest absolute Gasteiger partial charge is 0.355 e. The zero-order valence-corrected chi connectivity index (χ0v) is 20.8. The third kappa shape index (κ3) is 6.17. The molecule has 178 valence electrons. The molecular formula is C26H29FN4O2S. The number of aromatic nitrogens is 1. The molecule has 3 aromatic rings. The van der Waals surface area contributed by atoms with Crippen molar-refractivity contribution in [3.05, 3.63) is 88.9 Å². The number of amides is 2. The fourth-order valence-electron chi connectivity index (χ4n) is 2.97. The predicted molar refractivity (Wildman–Crippen MR) is 140 cm³/mol. The summed E-state index contributed by atoms with van der Waals surface area (Å²) < 4.78 is 14.5. The molecule has 0 spiro atoms. The molecule has 0 saturated heterocycles. The summed E-state index contributed by atoms with van der Waals surface area (Å²) >= 11 is 1.35. The van der Waals surface area contributed by atoms with Crippen molar-refractivity contribution < 1.29 is 14.0 Å². The third-order valence-corrected chi connectivity index (χ3v) is 5.76. The fraction of sp³-hybridized carbons (Fsp3) is 0.192. The number of benzene rings is 1. The van der Waals surface area contributed by atoms with Gasteiger partial charge in [0.25, 0.3) is 11.8 Å². The Hall–Kier alpha value is -3.78. The Kier molecular flexibility index (Phi) is 9.70. The maximum absolute atomic E-state index is 13.7. The topological polar surface area (TPSA) is 83.1 Å². The van der Waals surface area contributed by atoms with E-state index in [0.29, 0.717) is 22.5 Å². The number of pyridine rings is 1. The van der Waals surface area contributed by atoms with Crippen LogP contribution in [0, 0.1) is 5.82 Å². The molecule has 0 fully saturated rings. The van der Waals surface area contributed by atoms with Crippen LogP contribution in [0.25, 0.3) is 10.1 Å². The summed E-state index contributed by atoms with van der Waals surface area (Å²) in [5.41, 5.74) is 2.62. The van der Waals surface area contributed by atoms with E-state index >= 15 is 0 Å². The summed E-state index contributed by atoms with van der Waals surface area (Å²) in [6, 6.07) is 5.87. The van der Waals surface area contributed by atoms with Crippen LogP contribution in [0.3, 0.4) is 0 Å². The van der Waals surface area contributed by atoms with Gasteiger partial charge in [0.15, 0.2) is 5.82 Å². The lowest BCUT2D eigenvalue weighted by Gasteiger charge is -2.16. The van der Waals surface area contributed by atoms with E-state index in [9.17, 15) is 14.0 Å². The standard InChI is InChI=1S/C24H23FN4O2S.C2H6/c1-5-7-19(14(3)6-2)28-22-20(10-15(12-27-22)23(30)26-4)29-24(31)18-13-32-21-9-8-16(25)11-17(18)21;1-2/h5-13H,1H2,2-4H3,(H,26,30)(H,27,28)(H,29,31);1-2H3/b14-6-,19-7+;. The molecule has 0 unspecified atom stereocenters. The molecule has 0 aliphatic carbocycles. The summed E-state index contributed by atoms with van der Waals surface area (Å²) in [6.45, 7) is 11.6. The van der Waals surface area contributed by atoms with E-state index in [0.717, 1.165) is 16.0 Å². The minimum Gasteiger partial charge on any atom is -0.355 e. The van der Waals surface area contributed by atoms with E-state index in [1.165, 1.54) is 42.8 Å². The molecule has 34 heavy (non-hydrogen) atoms. The number of halogens is 1. The van der Waals surface area contributed by atoms with Crippen LogP contribution in [0.5, 0.6) is 0 Å². The molecule has 1 aromatic carbocycles. The van der Waals surface area contributed by atoms with Gasteiger partial charge in [-0.25, -0.2) is 9.37 Å². The van der Waals surface area contributed by atoms with Gasteiger partial charge in [0.1, 0.15) is 5.82 Å². The van der Waals surface area contributed by atoms with Gasteiger partial charge in [-0.05, 0) is 49.8 Å². The molecule has 0 aliphatic rings. The van der Waals surface area contributed by atoms with Crippen LogP contribution in [-0.4, -0.2) is 23.8 Å². The summed E-state index contributed by atoms with van der Waals surface area (Å²) in [7, 11) is 1.51. The van der Waals surface area contributed by atoms with Gasteiger partial charge in [-0.3, -0.25) is 9.59 Å². The maximum atomic E-state index is 13.7. The van der Waals surface area contributed by atoms with Crippen molar-refractivity contribution in [3.8, 4) is 0 Å². The molecular weight excluding hydrogens is 451 g/mol. The lowest BCUT2D eigenvalue weighted by atomic mass is 10.1. The number of nitrogens with one attached hydrogen (secondary N) is 3. The van der Waals surface area contributed by atoms with Gasteiger partial charge >= 0.3 is 0 Å². The maximum Gasteiger partial charge on any atom is 0.257 e.